The fraction of sp³-hybridized carbons (Fsp3) is 0.583. The number of carbonyl (C=O) groups excluding carboxylic acids is 1. The average molecular weight is 250 g/mol. The molecule has 0 aromatic carbocycles. The average Bonchev–Trinajstić information content (AvgIpc) is 2.39. The van der Waals surface area contributed by atoms with Gasteiger partial charge in [0.15, 0.2) is 0 Å². The number of nitrogens with zero attached hydrogens (tertiary/aromatic N) is 3. The van der Waals surface area contributed by atoms with Crippen molar-refractivity contribution < 1.29 is 9.53 Å². The van der Waals surface area contributed by atoms with Crippen LogP contribution in [0.3, 0.4) is 0 Å². The molecular weight excluding hydrogens is 232 g/mol. The zero-order valence-electron chi connectivity index (χ0n) is 10.7. The summed E-state index contributed by atoms with van der Waals surface area (Å²) < 4.78 is 5.76. The molecule has 1 unspecified atom stereocenters. The van der Waals surface area contributed by atoms with E-state index in [2.05, 4.69) is 28.7 Å². The number of hydrogen-bond donors (Lipinski definition) is 1. The van der Waals surface area contributed by atoms with Gasteiger partial charge in [0.05, 0.1) is 24.6 Å². The predicted octanol–water partition coefficient (Wildman–Crippen LogP) is 0.581. The maximum absolute atomic E-state index is 11.1. The molecule has 0 aliphatic carbocycles. The van der Waals surface area contributed by atoms with Gasteiger partial charge in [-0.3, -0.25) is 9.78 Å². The van der Waals surface area contributed by atoms with Gasteiger partial charge < -0.3 is 15.4 Å². The van der Waals surface area contributed by atoms with E-state index in [4.69, 9.17) is 10.5 Å². The van der Waals surface area contributed by atoms with Gasteiger partial charge in [0.25, 0.3) is 5.91 Å². The molecule has 1 aliphatic rings. The number of ether oxygens (including phenoxy) is 1. The van der Waals surface area contributed by atoms with Gasteiger partial charge in [0.1, 0.15) is 11.5 Å². The Morgan fingerprint density at radius 1 is 1.61 bits per heavy atom. The van der Waals surface area contributed by atoms with Crippen molar-refractivity contribution in [2.24, 2.45) is 5.73 Å². The zero-order valence-corrected chi connectivity index (χ0v) is 10.7. The Morgan fingerprint density at radius 2 is 2.39 bits per heavy atom. The highest BCUT2D eigenvalue weighted by atomic mass is 16.5. The molecular formula is C12H18N4O2. The highest BCUT2D eigenvalue weighted by Crippen LogP contribution is 2.24. The van der Waals surface area contributed by atoms with Crippen LogP contribution >= 0.6 is 0 Å². The fourth-order valence-electron chi connectivity index (χ4n) is 1.97. The van der Waals surface area contributed by atoms with Crippen molar-refractivity contribution in [3.63, 3.8) is 0 Å². The maximum Gasteiger partial charge on any atom is 0.268 e. The molecule has 1 atom stereocenters. The number of morpholine rings is 1. The fourth-order valence-corrected chi connectivity index (χ4v) is 1.97. The number of primary amides is 1. The molecule has 1 saturated heterocycles. The molecule has 1 fully saturated rings. The molecule has 0 radical (unpaired) electrons. The van der Waals surface area contributed by atoms with Crippen molar-refractivity contribution >= 4 is 11.7 Å². The summed E-state index contributed by atoms with van der Waals surface area (Å²) in [7, 11) is 0. The Balaban J connectivity index is 2.21. The van der Waals surface area contributed by atoms with Crippen LogP contribution in [0.2, 0.25) is 0 Å². The van der Waals surface area contributed by atoms with Crippen molar-refractivity contribution in [1.82, 2.24) is 9.97 Å². The van der Waals surface area contributed by atoms with Gasteiger partial charge in [-0.05, 0) is 13.3 Å². The molecule has 0 bridgehead atoms. The lowest BCUT2D eigenvalue weighted by Gasteiger charge is -2.40. The minimum absolute atomic E-state index is 0.178. The Hall–Kier alpha value is -1.69. The quantitative estimate of drug-likeness (QED) is 0.848. The van der Waals surface area contributed by atoms with E-state index < -0.39 is 5.91 Å². The summed E-state index contributed by atoms with van der Waals surface area (Å²) in [6, 6.07) is 0. The summed E-state index contributed by atoms with van der Waals surface area (Å²) >= 11 is 0. The van der Waals surface area contributed by atoms with E-state index in [9.17, 15) is 4.79 Å². The topological polar surface area (TPSA) is 81.3 Å². The third-order valence-corrected chi connectivity index (χ3v) is 3.28. The molecule has 2 heterocycles. The molecule has 0 spiro atoms. The second kappa shape index (κ2) is 4.89. The van der Waals surface area contributed by atoms with Gasteiger partial charge in [-0.2, -0.15) is 0 Å². The van der Waals surface area contributed by atoms with Crippen LogP contribution in [0.4, 0.5) is 5.82 Å². The van der Waals surface area contributed by atoms with Crippen molar-refractivity contribution in [2.75, 3.05) is 24.6 Å². The number of hydrogen-bond acceptors (Lipinski definition) is 5. The van der Waals surface area contributed by atoms with E-state index >= 15 is 0 Å². The lowest BCUT2D eigenvalue weighted by molar-refractivity contribution is -0.0443. The summed E-state index contributed by atoms with van der Waals surface area (Å²) in [4.78, 5) is 21.4. The van der Waals surface area contributed by atoms with E-state index in [1.807, 2.05) is 0 Å². The first-order valence-electron chi connectivity index (χ1n) is 6.05. The normalized spacial score (nSPS) is 24.0. The molecule has 1 amide bonds. The van der Waals surface area contributed by atoms with Gasteiger partial charge in [0, 0.05) is 13.1 Å². The molecule has 98 valence electrons. The number of rotatable bonds is 3. The van der Waals surface area contributed by atoms with Crippen molar-refractivity contribution in [2.45, 2.75) is 25.9 Å². The Morgan fingerprint density at radius 3 is 3.06 bits per heavy atom. The van der Waals surface area contributed by atoms with Crippen LogP contribution in [0, 0.1) is 0 Å². The van der Waals surface area contributed by atoms with Gasteiger partial charge in [0.2, 0.25) is 0 Å². The Bertz CT molecular complexity index is 451. The number of nitrogens with two attached hydrogens (primary N) is 1. The van der Waals surface area contributed by atoms with Crippen LogP contribution in [0.25, 0.3) is 0 Å². The minimum atomic E-state index is -0.559. The first kappa shape index (κ1) is 12.8. The molecule has 2 rings (SSSR count). The van der Waals surface area contributed by atoms with Crippen molar-refractivity contribution in [1.29, 1.82) is 0 Å². The summed E-state index contributed by atoms with van der Waals surface area (Å²) in [6.45, 7) is 6.29. The molecule has 0 saturated carbocycles. The second-order valence-corrected chi connectivity index (χ2v) is 4.70. The first-order valence-corrected chi connectivity index (χ1v) is 6.05. The monoisotopic (exact) mass is 250 g/mol. The number of aromatic nitrogens is 2. The lowest BCUT2D eigenvalue weighted by Crippen LogP contribution is -2.50. The summed E-state index contributed by atoms with van der Waals surface area (Å²) in [5.74, 6) is 0.116. The number of carbonyl (C=O) groups is 1. The molecule has 1 aromatic heterocycles. The van der Waals surface area contributed by atoms with Crippen LogP contribution in [-0.2, 0) is 4.74 Å². The Labute approximate surface area is 106 Å². The van der Waals surface area contributed by atoms with Gasteiger partial charge in [-0.1, -0.05) is 6.92 Å². The zero-order chi connectivity index (χ0) is 13.2. The lowest BCUT2D eigenvalue weighted by atomic mass is 10.0. The highest BCUT2D eigenvalue weighted by molar-refractivity contribution is 5.90. The SMILES string of the molecule is CCC1(C)CN(c2cncc(C(N)=O)n2)CCO1. The van der Waals surface area contributed by atoms with Crippen LogP contribution in [-0.4, -0.2) is 41.2 Å². The van der Waals surface area contributed by atoms with Crippen molar-refractivity contribution in [3.05, 3.63) is 18.1 Å². The molecule has 18 heavy (non-hydrogen) atoms. The van der Waals surface area contributed by atoms with E-state index in [1.165, 1.54) is 6.20 Å². The molecule has 1 aromatic rings. The van der Waals surface area contributed by atoms with Crippen LogP contribution < -0.4 is 10.6 Å². The van der Waals surface area contributed by atoms with Crippen LogP contribution in [0.15, 0.2) is 12.4 Å². The van der Waals surface area contributed by atoms with Gasteiger partial charge in [-0.15, -0.1) is 0 Å². The smallest absolute Gasteiger partial charge is 0.268 e. The largest absolute Gasteiger partial charge is 0.372 e. The first-order chi connectivity index (χ1) is 8.54. The molecule has 1 aliphatic heterocycles. The van der Waals surface area contributed by atoms with Gasteiger partial charge >= 0.3 is 0 Å². The third kappa shape index (κ3) is 2.59. The minimum Gasteiger partial charge on any atom is -0.372 e. The van der Waals surface area contributed by atoms with E-state index in [0.29, 0.717) is 12.4 Å². The number of amides is 1. The Kier molecular flexibility index (Phi) is 3.47. The van der Waals surface area contributed by atoms with Crippen LogP contribution in [0.5, 0.6) is 0 Å². The summed E-state index contributed by atoms with van der Waals surface area (Å²) in [6.07, 6.45) is 3.95. The number of anilines is 1. The molecule has 2 N–H and O–H groups in total. The predicted molar refractivity (Wildman–Crippen MR) is 67.4 cm³/mol. The van der Waals surface area contributed by atoms with E-state index in [1.54, 1.807) is 6.20 Å². The molecule has 6 nitrogen and oxygen atoms in total. The van der Waals surface area contributed by atoms with Gasteiger partial charge in [-0.25, -0.2) is 4.98 Å². The molecule has 6 heteroatoms. The van der Waals surface area contributed by atoms with E-state index in [0.717, 1.165) is 19.5 Å². The summed E-state index contributed by atoms with van der Waals surface area (Å²) in [5, 5.41) is 0. The van der Waals surface area contributed by atoms with Crippen LogP contribution in [0.1, 0.15) is 30.8 Å². The second-order valence-electron chi connectivity index (χ2n) is 4.70. The van der Waals surface area contributed by atoms with Crippen molar-refractivity contribution in [3.8, 4) is 0 Å². The maximum atomic E-state index is 11.1. The van der Waals surface area contributed by atoms with E-state index in [-0.39, 0.29) is 11.3 Å². The third-order valence-electron chi connectivity index (χ3n) is 3.28. The summed E-state index contributed by atoms with van der Waals surface area (Å²) in [5.41, 5.74) is 5.22. The highest BCUT2D eigenvalue weighted by Gasteiger charge is 2.31. The standard InChI is InChI=1S/C12H18N4O2/c1-3-12(2)8-16(4-5-18-12)10-7-14-6-9(15-10)11(13)17/h6-7H,3-5,8H2,1-2H3,(H2,13,17).